The van der Waals surface area contributed by atoms with Gasteiger partial charge in [-0.3, -0.25) is 9.69 Å². The first-order valence-corrected chi connectivity index (χ1v) is 12.5. The number of hydrogen-bond acceptors (Lipinski definition) is 2. The number of amides is 1. The number of nitrogens with one attached hydrogen (secondary N) is 1. The lowest BCUT2D eigenvalue weighted by atomic mass is 9.65. The van der Waals surface area contributed by atoms with E-state index in [1.54, 1.807) is 0 Å². The van der Waals surface area contributed by atoms with E-state index in [0.717, 1.165) is 38.6 Å². The zero-order valence-corrected chi connectivity index (χ0v) is 20.5. The summed E-state index contributed by atoms with van der Waals surface area (Å²) >= 11 is 0. The van der Waals surface area contributed by atoms with Gasteiger partial charge in [0.1, 0.15) is 0 Å². The maximum absolute atomic E-state index is 13.6. The first-order valence-electron chi connectivity index (χ1n) is 12.5. The molecule has 1 N–H and O–H groups in total. The van der Waals surface area contributed by atoms with E-state index in [1.165, 1.54) is 27.7 Å². The molecule has 0 radical (unpaired) electrons. The fourth-order valence-corrected chi connectivity index (χ4v) is 6.59. The summed E-state index contributed by atoms with van der Waals surface area (Å²) in [6.07, 6.45) is 5.57. The highest BCUT2D eigenvalue weighted by Gasteiger charge is 2.52. The minimum Gasteiger partial charge on any atom is -0.356 e. The number of aromatic amines is 1. The van der Waals surface area contributed by atoms with Crippen LogP contribution in [0.2, 0.25) is 0 Å². The van der Waals surface area contributed by atoms with Gasteiger partial charge in [0.05, 0.1) is 5.54 Å². The van der Waals surface area contributed by atoms with Crippen molar-refractivity contribution in [3.63, 3.8) is 0 Å². The van der Waals surface area contributed by atoms with E-state index in [1.807, 2.05) is 0 Å². The van der Waals surface area contributed by atoms with Crippen LogP contribution in [0.5, 0.6) is 0 Å². The van der Waals surface area contributed by atoms with E-state index < -0.39 is 0 Å². The largest absolute Gasteiger partial charge is 0.356 e. The number of carbonyl (C=O) groups is 1. The summed E-state index contributed by atoms with van der Waals surface area (Å²) in [5.74, 6) is 0.679. The Balaban J connectivity index is 1.59. The molecular formula is C29H37N3O. The number of hydrogen-bond donors (Lipinski definition) is 1. The van der Waals surface area contributed by atoms with Crippen LogP contribution >= 0.6 is 0 Å². The Kier molecular flexibility index (Phi) is 5.60. The highest BCUT2D eigenvalue weighted by Crippen LogP contribution is 2.53. The maximum Gasteiger partial charge on any atom is 0.223 e. The summed E-state index contributed by atoms with van der Waals surface area (Å²) < 4.78 is 0. The van der Waals surface area contributed by atoms with Crippen molar-refractivity contribution in [2.75, 3.05) is 20.6 Å². The summed E-state index contributed by atoms with van der Waals surface area (Å²) in [7, 11) is 4.42. The van der Waals surface area contributed by atoms with Crippen LogP contribution in [0.1, 0.15) is 62.8 Å². The molecule has 1 aliphatic carbocycles. The molecule has 1 spiro atoms. The van der Waals surface area contributed by atoms with Gasteiger partial charge in [-0.15, -0.1) is 0 Å². The van der Waals surface area contributed by atoms with Gasteiger partial charge in [0.2, 0.25) is 5.91 Å². The second-order valence-corrected chi connectivity index (χ2v) is 10.7. The van der Waals surface area contributed by atoms with Crippen LogP contribution in [-0.2, 0) is 22.3 Å². The van der Waals surface area contributed by atoms with E-state index in [4.69, 9.17) is 0 Å². The van der Waals surface area contributed by atoms with Gasteiger partial charge in [0, 0.05) is 35.1 Å². The summed E-state index contributed by atoms with van der Waals surface area (Å²) in [6.45, 7) is 5.12. The molecule has 1 saturated carbocycles. The number of carbonyl (C=O) groups excluding carboxylic acids is 1. The molecule has 0 saturated heterocycles. The summed E-state index contributed by atoms with van der Waals surface area (Å²) in [5.41, 5.74) is 5.07. The molecule has 1 aliphatic heterocycles. The summed E-state index contributed by atoms with van der Waals surface area (Å²) in [4.78, 5) is 22.0. The Labute approximate surface area is 198 Å². The van der Waals surface area contributed by atoms with Crippen LogP contribution in [0, 0.1) is 5.92 Å². The van der Waals surface area contributed by atoms with Crippen molar-refractivity contribution in [3.05, 3.63) is 71.4 Å². The van der Waals surface area contributed by atoms with Crippen LogP contribution in [0.3, 0.4) is 0 Å². The highest BCUT2D eigenvalue weighted by molar-refractivity contribution is 5.86. The van der Waals surface area contributed by atoms with Gasteiger partial charge in [0.25, 0.3) is 0 Å². The summed E-state index contributed by atoms with van der Waals surface area (Å²) in [5, 5.41) is 1.33. The average molecular weight is 444 g/mol. The molecular weight excluding hydrogens is 406 g/mol. The molecule has 2 aromatic carbocycles. The summed E-state index contributed by atoms with van der Waals surface area (Å²) in [6, 6.07) is 19.6. The molecule has 1 amide bonds. The zero-order valence-electron chi connectivity index (χ0n) is 20.5. The van der Waals surface area contributed by atoms with Gasteiger partial charge < -0.3 is 9.88 Å². The Morgan fingerprint density at radius 2 is 1.67 bits per heavy atom. The van der Waals surface area contributed by atoms with Crippen LogP contribution < -0.4 is 0 Å². The number of H-pyrrole nitrogens is 1. The van der Waals surface area contributed by atoms with E-state index in [-0.39, 0.29) is 11.1 Å². The predicted molar refractivity (Wildman–Crippen MR) is 135 cm³/mol. The number of rotatable bonds is 4. The highest BCUT2D eigenvalue weighted by atomic mass is 16.2. The molecule has 2 heterocycles. The van der Waals surface area contributed by atoms with Crippen molar-refractivity contribution in [3.8, 4) is 0 Å². The molecule has 3 aromatic rings. The number of benzene rings is 2. The molecule has 33 heavy (non-hydrogen) atoms. The van der Waals surface area contributed by atoms with Crippen molar-refractivity contribution in [1.29, 1.82) is 0 Å². The lowest BCUT2D eigenvalue weighted by molar-refractivity contribution is -0.143. The van der Waals surface area contributed by atoms with Crippen molar-refractivity contribution >= 4 is 16.8 Å². The molecule has 0 unspecified atom stereocenters. The number of aromatic nitrogens is 1. The van der Waals surface area contributed by atoms with Crippen molar-refractivity contribution < 1.29 is 4.79 Å². The molecule has 4 nitrogen and oxygen atoms in total. The SMILES string of the molecule is CC(C)CC(=O)N1CCc2c([nH]c3ccccc23)C12CCC(c1ccccc1)(N(C)C)CC2. The third-order valence-electron chi connectivity index (χ3n) is 8.34. The second-order valence-electron chi connectivity index (χ2n) is 10.7. The minimum atomic E-state index is -0.243. The van der Waals surface area contributed by atoms with Crippen LogP contribution in [-0.4, -0.2) is 41.3 Å². The number of fused-ring (bicyclic) bond motifs is 4. The van der Waals surface area contributed by atoms with Gasteiger partial charge in [-0.1, -0.05) is 62.4 Å². The Hall–Kier alpha value is -2.59. The van der Waals surface area contributed by atoms with Crippen molar-refractivity contribution in [2.24, 2.45) is 5.92 Å². The van der Waals surface area contributed by atoms with Gasteiger partial charge in [-0.05, 0) is 69.3 Å². The van der Waals surface area contributed by atoms with Gasteiger partial charge in [0.15, 0.2) is 0 Å². The van der Waals surface area contributed by atoms with E-state index in [2.05, 4.69) is 97.3 Å². The van der Waals surface area contributed by atoms with Gasteiger partial charge in [-0.25, -0.2) is 0 Å². The lowest BCUT2D eigenvalue weighted by Crippen LogP contribution is -2.58. The lowest BCUT2D eigenvalue weighted by Gasteiger charge is -2.55. The molecule has 5 rings (SSSR count). The van der Waals surface area contributed by atoms with Gasteiger partial charge >= 0.3 is 0 Å². The van der Waals surface area contributed by atoms with Crippen LogP contribution in [0.4, 0.5) is 0 Å². The molecule has 0 atom stereocenters. The normalized spacial score (nSPS) is 25.2. The fourth-order valence-electron chi connectivity index (χ4n) is 6.59. The molecule has 1 fully saturated rings. The van der Waals surface area contributed by atoms with E-state index in [9.17, 15) is 4.79 Å². The first kappa shape index (κ1) is 22.2. The van der Waals surface area contributed by atoms with Crippen LogP contribution in [0.25, 0.3) is 10.9 Å². The number of nitrogens with zero attached hydrogens (tertiary/aromatic N) is 2. The Morgan fingerprint density at radius 3 is 2.33 bits per heavy atom. The third kappa shape index (κ3) is 3.50. The van der Waals surface area contributed by atoms with Crippen molar-refractivity contribution in [2.45, 2.75) is 63.5 Å². The Bertz CT molecular complexity index is 1140. The average Bonchev–Trinajstić information content (AvgIpc) is 3.20. The molecule has 2 aliphatic rings. The number of para-hydroxylation sites is 1. The third-order valence-corrected chi connectivity index (χ3v) is 8.34. The van der Waals surface area contributed by atoms with Crippen molar-refractivity contribution in [1.82, 2.24) is 14.8 Å². The maximum atomic E-state index is 13.6. The first-order chi connectivity index (χ1) is 15.9. The molecule has 4 heteroatoms. The van der Waals surface area contributed by atoms with Crippen LogP contribution in [0.15, 0.2) is 54.6 Å². The quantitative estimate of drug-likeness (QED) is 0.551. The van der Waals surface area contributed by atoms with E-state index in [0.29, 0.717) is 18.2 Å². The Morgan fingerprint density at radius 1 is 1.00 bits per heavy atom. The smallest absolute Gasteiger partial charge is 0.223 e. The second kappa shape index (κ2) is 8.32. The topological polar surface area (TPSA) is 39.3 Å². The monoisotopic (exact) mass is 443 g/mol. The zero-order chi connectivity index (χ0) is 23.2. The predicted octanol–water partition coefficient (Wildman–Crippen LogP) is 5.83. The van der Waals surface area contributed by atoms with Gasteiger partial charge in [-0.2, -0.15) is 0 Å². The molecule has 0 bridgehead atoms. The molecule has 174 valence electrons. The standard InChI is InChI=1S/C29H37N3O/c1-21(2)20-26(33)32-19-14-24-23-12-8-9-13-25(23)30-27(24)29(32)17-15-28(16-18-29,31(3)4)22-10-6-5-7-11-22/h5-13,21,30H,14-20H2,1-4H3. The van der Waals surface area contributed by atoms with E-state index >= 15 is 0 Å². The molecule has 1 aromatic heterocycles. The minimum absolute atomic E-state index is 0.00288. The fraction of sp³-hybridized carbons (Fsp3) is 0.483.